The number of hydrogen-bond acceptors (Lipinski definition) is 7. The highest BCUT2D eigenvalue weighted by molar-refractivity contribution is 5.99. The van der Waals surface area contributed by atoms with Gasteiger partial charge in [-0.15, -0.1) is 10.2 Å². The van der Waals surface area contributed by atoms with E-state index in [-0.39, 0.29) is 12.3 Å². The third-order valence-corrected chi connectivity index (χ3v) is 3.77. The van der Waals surface area contributed by atoms with Gasteiger partial charge >= 0.3 is 0 Å². The van der Waals surface area contributed by atoms with Crippen LogP contribution in [0, 0.1) is 0 Å². The SMILES string of the molecule is O=C1Nc2ccccc2O[C@@H]1CC([O-])=Nc1cccc(-c2nn[nH]n2)c1. The molecule has 0 radical (unpaired) electrons. The quantitative estimate of drug-likeness (QED) is 0.535. The van der Waals surface area contributed by atoms with Gasteiger partial charge < -0.3 is 15.2 Å². The number of tetrazole rings is 1. The standard InChI is InChI=1S/C17H14N6O3/c24-15(9-14-17(25)19-12-6-1-2-7-13(12)26-14)18-11-5-3-4-10(8-11)16-20-22-23-21-16/h1-8,14H,9H2,(H,18,24)(H,19,25)(H,20,21,22,23)/p-1/t14-/m1/s1. The van der Waals surface area contributed by atoms with Gasteiger partial charge in [0.25, 0.3) is 5.91 Å². The van der Waals surface area contributed by atoms with Crippen LogP contribution in [-0.4, -0.2) is 38.5 Å². The fourth-order valence-corrected chi connectivity index (χ4v) is 2.57. The lowest BCUT2D eigenvalue weighted by Crippen LogP contribution is -2.40. The van der Waals surface area contributed by atoms with E-state index in [0.29, 0.717) is 28.5 Å². The van der Waals surface area contributed by atoms with Crippen LogP contribution in [-0.2, 0) is 4.79 Å². The van der Waals surface area contributed by atoms with Crippen molar-refractivity contribution in [3.63, 3.8) is 0 Å². The van der Waals surface area contributed by atoms with E-state index in [9.17, 15) is 9.90 Å². The van der Waals surface area contributed by atoms with Crippen molar-refractivity contribution in [1.82, 2.24) is 20.6 Å². The number of aromatic nitrogens is 4. The van der Waals surface area contributed by atoms with Gasteiger partial charge in [0, 0.05) is 12.0 Å². The van der Waals surface area contributed by atoms with Crippen LogP contribution in [0.5, 0.6) is 5.75 Å². The molecular formula is C17H13N6O3-. The number of hydrogen-bond donors (Lipinski definition) is 2. The van der Waals surface area contributed by atoms with Gasteiger partial charge in [0.05, 0.1) is 11.4 Å². The van der Waals surface area contributed by atoms with Gasteiger partial charge in [-0.2, -0.15) is 5.21 Å². The number of nitrogens with one attached hydrogen (secondary N) is 2. The second-order valence-corrected chi connectivity index (χ2v) is 5.59. The maximum absolute atomic E-state index is 12.3. The number of carbonyl (C=O) groups is 1. The fourth-order valence-electron chi connectivity index (χ4n) is 2.57. The average Bonchev–Trinajstić information content (AvgIpc) is 3.17. The number of nitrogens with zero attached hydrogens (tertiary/aromatic N) is 4. The van der Waals surface area contributed by atoms with E-state index in [2.05, 4.69) is 30.9 Å². The minimum atomic E-state index is -0.915. The maximum Gasteiger partial charge on any atom is 0.265 e. The largest absolute Gasteiger partial charge is 0.862 e. The first-order chi connectivity index (χ1) is 12.7. The fraction of sp³-hybridized carbons (Fsp3) is 0.118. The number of aromatic amines is 1. The number of aliphatic imine (C=N–C) groups is 1. The number of H-pyrrole nitrogens is 1. The predicted octanol–water partition coefficient (Wildman–Crippen LogP) is 1.05. The highest BCUT2D eigenvalue weighted by atomic mass is 16.5. The van der Waals surface area contributed by atoms with Crippen molar-refractivity contribution in [2.24, 2.45) is 4.99 Å². The minimum absolute atomic E-state index is 0.160. The smallest absolute Gasteiger partial charge is 0.265 e. The number of para-hydroxylation sites is 2. The second kappa shape index (κ2) is 6.63. The number of anilines is 1. The molecule has 2 N–H and O–H groups in total. The lowest BCUT2D eigenvalue weighted by atomic mass is 10.1. The van der Waals surface area contributed by atoms with Gasteiger partial charge in [0.15, 0.2) is 6.10 Å². The van der Waals surface area contributed by atoms with E-state index in [1.165, 1.54) is 0 Å². The summed E-state index contributed by atoms with van der Waals surface area (Å²) in [5.74, 6) is 0.104. The molecule has 130 valence electrons. The lowest BCUT2D eigenvalue weighted by molar-refractivity contribution is -0.220. The molecule has 1 amide bonds. The highest BCUT2D eigenvalue weighted by Crippen LogP contribution is 2.29. The Balaban J connectivity index is 1.51. The number of benzene rings is 2. The number of carbonyl (C=O) groups excluding carboxylic acids is 1. The number of fused-ring (bicyclic) bond motifs is 1. The molecule has 0 fully saturated rings. The van der Waals surface area contributed by atoms with Crippen LogP contribution in [0.15, 0.2) is 53.5 Å². The van der Waals surface area contributed by atoms with E-state index in [0.717, 1.165) is 0 Å². The molecule has 0 spiro atoms. The van der Waals surface area contributed by atoms with Crippen molar-refractivity contribution >= 4 is 23.2 Å². The summed E-state index contributed by atoms with van der Waals surface area (Å²) in [6.07, 6.45) is -1.08. The molecule has 4 rings (SSSR count). The molecule has 1 aromatic heterocycles. The molecule has 0 saturated carbocycles. The topological polar surface area (TPSA) is 128 Å². The monoisotopic (exact) mass is 349 g/mol. The van der Waals surface area contributed by atoms with Crippen LogP contribution in [0.1, 0.15) is 6.42 Å². The molecule has 0 unspecified atom stereocenters. The normalized spacial score (nSPS) is 16.5. The van der Waals surface area contributed by atoms with Crippen molar-refractivity contribution in [3.05, 3.63) is 48.5 Å². The number of ether oxygens (including phenoxy) is 1. The molecule has 1 aliphatic rings. The summed E-state index contributed by atoms with van der Waals surface area (Å²) in [5.41, 5.74) is 1.70. The molecule has 1 atom stereocenters. The summed E-state index contributed by atoms with van der Waals surface area (Å²) in [6, 6.07) is 13.9. The van der Waals surface area contributed by atoms with Crippen LogP contribution in [0.25, 0.3) is 11.4 Å². The Kier molecular flexibility index (Phi) is 4.02. The maximum atomic E-state index is 12.3. The van der Waals surface area contributed by atoms with Crippen LogP contribution in [0.2, 0.25) is 0 Å². The zero-order chi connectivity index (χ0) is 17.9. The molecule has 0 bridgehead atoms. The van der Waals surface area contributed by atoms with Crippen LogP contribution in [0.3, 0.4) is 0 Å². The zero-order valence-corrected chi connectivity index (χ0v) is 13.4. The zero-order valence-electron chi connectivity index (χ0n) is 13.4. The molecule has 9 heteroatoms. The number of rotatable bonds is 4. The Morgan fingerprint density at radius 2 is 2.12 bits per heavy atom. The summed E-state index contributed by atoms with van der Waals surface area (Å²) in [5, 5.41) is 28.6. The van der Waals surface area contributed by atoms with E-state index in [1.807, 2.05) is 0 Å². The minimum Gasteiger partial charge on any atom is -0.862 e. The lowest BCUT2D eigenvalue weighted by Gasteiger charge is -2.27. The first kappa shape index (κ1) is 15.8. The van der Waals surface area contributed by atoms with Crippen LogP contribution < -0.4 is 15.2 Å². The van der Waals surface area contributed by atoms with Gasteiger partial charge in [-0.25, -0.2) is 0 Å². The molecule has 9 nitrogen and oxygen atoms in total. The first-order valence-electron chi connectivity index (χ1n) is 7.84. The third-order valence-electron chi connectivity index (χ3n) is 3.77. The predicted molar refractivity (Wildman–Crippen MR) is 90.8 cm³/mol. The van der Waals surface area contributed by atoms with Gasteiger partial charge in [-0.3, -0.25) is 9.79 Å². The van der Waals surface area contributed by atoms with E-state index in [1.54, 1.807) is 48.5 Å². The number of amides is 1. The Morgan fingerprint density at radius 3 is 2.96 bits per heavy atom. The van der Waals surface area contributed by atoms with E-state index in [4.69, 9.17) is 4.74 Å². The van der Waals surface area contributed by atoms with Crippen molar-refractivity contribution in [2.45, 2.75) is 12.5 Å². The summed E-state index contributed by atoms with van der Waals surface area (Å²) < 4.78 is 5.61. The van der Waals surface area contributed by atoms with Gasteiger partial charge in [0.2, 0.25) is 5.82 Å². The molecule has 0 saturated heterocycles. The van der Waals surface area contributed by atoms with Crippen molar-refractivity contribution in [1.29, 1.82) is 0 Å². The second-order valence-electron chi connectivity index (χ2n) is 5.59. The van der Waals surface area contributed by atoms with Crippen molar-refractivity contribution < 1.29 is 14.6 Å². The summed E-state index contributed by atoms with van der Waals surface area (Å²) in [6.45, 7) is 0. The molecule has 3 aromatic rings. The van der Waals surface area contributed by atoms with Crippen molar-refractivity contribution in [2.75, 3.05) is 5.32 Å². The Bertz CT molecular complexity index is 970. The summed E-state index contributed by atoms with van der Waals surface area (Å²) >= 11 is 0. The van der Waals surface area contributed by atoms with E-state index >= 15 is 0 Å². The third kappa shape index (κ3) is 3.22. The van der Waals surface area contributed by atoms with Gasteiger partial charge in [0.1, 0.15) is 5.75 Å². The molecule has 1 aliphatic heterocycles. The van der Waals surface area contributed by atoms with E-state index < -0.39 is 12.0 Å². The Labute approximate surface area is 147 Å². The van der Waals surface area contributed by atoms with Gasteiger partial charge in [-0.1, -0.05) is 24.3 Å². The molecule has 0 aliphatic carbocycles. The average molecular weight is 349 g/mol. The molecule has 2 aromatic carbocycles. The van der Waals surface area contributed by atoms with Crippen LogP contribution in [0.4, 0.5) is 11.4 Å². The highest BCUT2D eigenvalue weighted by Gasteiger charge is 2.26. The van der Waals surface area contributed by atoms with Crippen LogP contribution >= 0.6 is 0 Å². The first-order valence-corrected chi connectivity index (χ1v) is 7.84. The van der Waals surface area contributed by atoms with Crippen molar-refractivity contribution in [3.8, 4) is 17.1 Å². The molecular weight excluding hydrogens is 336 g/mol. The summed E-state index contributed by atoms with van der Waals surface area (Å²) in [4.78, 5) is 16.1. The Hall–Kier alpha value is -3.75. The van der Waals surface area contributed by atoms with Gasteiger partial charge in [-0.05, 0) is 35.4 Å². The molecule has 26 heavy (non-hydrogen) atoms. The Morgan fingerprint density at radius 1 is 1.23 bits per heavy atom. The summed E-state index contributed by atoms with van der Waals surface area (Å²) in [7, 11) is 0. The molecule has 2 heterocycles.